The highest BCUT2D eigenvalue weighted by Gasteiger charge is 2.29. The van der Waals surface area contributed by atoms with Gasteiger partial charge in [-0.25, -0.2) is 0 Å². The summed E-state index contributed by atoms with van der Waals surface area (Å²) in [4.78, 5) is 34.1. The first-order valence-corrected chi connectivity index (χ1v) is 5.58. The fourth-order valence-corrected chi connectivity index (χ4v) is 1.27. The zero-order valence-corrected chi connectivity index (χ0v) is 11.4. The molecule has 0 aliphatic carbocycles. The Morgan fingerprint density at radius 3 is 1.78 bits per heavy atom. The van der Waals surface area contributed by atoms with Crippen LogP contribution in [0.4, 0.5) is 0 Å². The van der Waals surface area contributed by atoms with E-state index in [1.165, 1.54) is 14.2 Å². The van der Waals surface area contributed by atoms with Crippen molar-refractivity contribution in [2.24, 2.45) is 5.92 Å². The smallest absolute Gasteiger partial charge is 0.320 e. The summed E-state index contributed by atoms with van der Waals surface area (Å²) in [5.74, 6) is -3.00. The summed E-state index contributed by atoms with van der Waals surface area (Å²) in [6, 6.07) is 0. The molecule has 0 aliphatic heterocycles. The van der Waals surface area contributed by atoms with Gasteiger partial charge >= 0.3 is 17.9 Å². The Labute approximate surface area is 107 Å². The van der Waals surface area contributed by atoms with E-state index in [0.29, 0.717) is 0 Å². The zero-order chi connectivity index (χ0) is 14.3. The maximum absolute atomic E-state index is 11.5. The van der Waals surface area contributed by atoms with Crippen molar-refractivity contribution in [3.63, 3.8) is 0 Å². The van der Waals surface area contributed by atoms with Crippen molar-refractivity contribution in [3.05, 3.63) is 0 Å². The van der Waals surface area contributed by atoms with Crippen LogP contribution >= 0.6 is 0 Å². The van der Waals surface area contributed by atoms with Gasteiger partial charge in [0.2, 0.25) is 0 Å². The molecule has 0 spiro atoms. The van der Waals surface area contributed by atoms with Crippen molar-refractivity contribution in [3.8, 4) is 0 Å². The van der Waals surface area contributed by atoms with Gasteiger partial charge in [-0.05, 0) is 27.2 Å². The molecule has 0 unspecified atom stereocenters. The first-order valence-electron chi connectivity index (χ1n) is 5.58. The molecule has 0 saturated carbocycles. The Morgan fingerprint density at radius 2 is 1.44 bits per heavy atom. The number of esters is 3. The Bertz CT molecular complexity index is 299. The number of ether oxygens (including phenoxy) is 3. The first kappa shape index (κ1) is 16.4. The second-order valence-corrected chi connectivity index (χ2v) is 4.72. The van der Waals surface area contributed by atoms with E-state index in [9.17, 15) is 14.4 Å². The van der Waals surface area contributed by atoms with Crippen LogP contribution in [-0.2, 0) is 28.6 Å². The van der Waals surface area contributed by atoms with Crippen LogP contribution in [0.5, 0.6) is 0 Å². The highest BCUT2D eigenvalue weighted by Crippen LogP contribution is 2.14. The van der Waals surface area contributed by atoms with E-state index in [4.69, 9.17) is 4.74 Å². The molecular weight excluding hydrogens is 240 g/mol. The lowest BCUT2D eigenvalue weighted by Crippen LogP contribution is -2.29. The van der Waals surface area contributed by atoms with Gasteiger partial charge in [-0.15, -0.1) is 0 Å². The van der Waals surface area contributed by atoms with Crippen LogP contribution in [0.1, 0.15) is 33.6 Å². The molecule has 0 heterocycles. The molecule has 0 fully saturated rings. The van der Waals surface area contributed by atoms with Gasteiger partial charge in [0.05, 0.1) is 14.2 Å². The van der Waals surface area contributed by atoms with Crippen LogP contribution in [0.2, 0.25) is 0 Å². The monoisotopic (exact) mass is 260 g/mol. The average molecular weight is 260 g/mol. The zero-order valence-electron chi connectivity index (χ0n) is 11.4. The molecule has 0 rings (SSSR count). The molecule has 0 aromatic rings. The first-order chi connectivity index (χ1) is 8.21. The third kappa shape index (κ3) is 6.22. The standard InChI is InChI=1S/C12H20O6/c1-12(2,3)18-9(13)7-6-8(10(14)16-4)11(15)17-5/h8H,6-7H2,1-5H3. The Morgan fingerprint density at radius 1 is 1.00 bits per heavy atom. The second-order valence-electron chi connectivity index (χ2n) is 4.72. The SMILES string of the molecule is COC(=O)C(CCC(=O)OC(C)(C)C)C(=O)OC. The van der Waals surface area contributed by atoms with E-state index in [1.54, 1.807) is 20.8 Å². The van der Waals surface area contributed by atoms with Gasteiger partial charge in [0.1, 0.15) is 5.60 Å². The Balaban J connectivity index is 4.40. The third-order valence-corrected chi connectivity index (χ3v) is 2.03. The molecule has 0 saturated heterocycles. The Kier molecular flexibility index (Phi) is 6.36. The summed E-state index contributed by atoms with van der Waals surface area (Å²) < 4.78 is 14.0. The molecule has 6 heteroatoms. The minimum Gasteiger partial charge on any atom is -0.468 e. The van der Waals surface area contributed by atoms with Crippen molar-refractivity contribution in [2.75, 3.05) is 14.2 Å². The molecule has 0 aliphatic rings. The van der Waals surface area contributed by atoms with Gasteiger partial charge in [-0.2, -0.15) is 0 Å². The molecule has 0 amide bonds. The van der Waals surface area contributed by atoms with Crippen LogP contribution in [0.3, 0.4) is 0 Å². The highest BCUT2D eigenvalue weighted by molar-refractivity contribution is 5.95. The molecule has 0 bridgehead atoms. The summed E-state index contributed by atoms with van der Waals surface area (Å²) in [5.41, 5.74) is -0.594. The van der Waals surface area contributed by atoms with Crippen molar-refractivity contribution in [1.29, 1.82) is 0 Å². The molecule has 104 valence electrons. The van der Waals surface area contributed by atoms with Gasteiger partial charge in [-0.1, -0.05) is 0 Å². The van der Waals surface area contributed by atoms with Crippen LogP contribution in [-0.4, -0.2) is 37.7 Å². The van der Waals surface area contributed by atoms with E-state index in [0.717, 1.165) is 0 Å². The largest absolute Gasteiger partial charge is 0.468 e. The lowest BCUT2D eigenvalue weighted by atomic mass is 10.0. The third-order valence-electron chi connectivity index (χ3n) is 2.03. The van der Waals surface area contributed by atoms with Crippen molar-refractivity contribution < 1.29 is 28.6 Å². The number of hydrogen-bond donors (Lipinski definition) is 0. The normalized spacial score (nSPS) is 11.0. The summed E-state index contributed by atoms with van der Waals surface area (Å²) in [7, 11) is 2.34. The fourth-order valence-electron chi connectivity index (χ4n) is 1.27. The number of methoxy groups -OCH3 is 2. The maximum Gasteiger partial charge on any atom is 0.320 e. The topological polar surface area (TPSA) is 78.9 Å². The molecule has 0 aromatic carbocycles. The molecule has 0 N–H and O–H groups in total. The minimum atomic E-state index is -1.09. The molecule has 18 heavy (non-hydrogen) atoms. The predicted molar refractivity (Wildman–Crippen MR) is 62.6 cm³/mol. The van der Waals surface area contributed by atoms with Gasteiger partial charge in [0.15, 0.2) is 5.92 Å². The van der Waals surface area contributed by atoms with Crippen molar-refractivity contribution >= 4 is 17.9 Å². The molecule has 6 nitrogen and oxygen atoms in total. The van der Waals surface area contributed by atoms with Gasteiger partial charge in [-0.3, -0.25) is 14.4 Å². The predicted octanol–water partition coefficient (Wildman–Crippen LogP) is 1.07. The van der Waals surface area contributed by atoms with Gasteiger partial charge < -0.3 is 14.2 Å². The number of carbonyl (C=O) groups is 3. The number of rotatable bonds is 5. The number of hydrogen-bond acceptors (Lipinski definition) is 6. The fraction of sp³-hybridized carbons (Fsp3) is 0.750. The average Bonchev–Trinajstić information content (AvgIpc) is 2.25. The Hall–Kier alpha value is -1.59. The molecular formula is C12H20O6. The van der Waals surface area contributed by atoms with Crippen LogP contribution in [0.15, 0.2) is 0 Å². The maximum atomic E-state index is 11.5. The lowest BCUT2D eigenvalue weighted by molar-refractivity contribution is -0.160. The van der Waals surface area contributed by atoms with E-state index in [1.807, 2.05) is 0 Å². The molecule has 0 aromatic heterocycles. The number of carbonyl (C=O) groups excluding carboxylic acids is 3. The van der Waals surface area contributed by atoms with Crippen molar-refractivity contribution in [1.82, 2.24) is 0 Å². The van der Waals surface area contributed by atoms with E-state index < -0.39 is 29.4 Å². The quantitative estimate of drug-likeness (QED) is 0.418. The van der Waals surface area contributed by atoms with E-state index in [2.05, 4.69) is 9.47 Å². The van der Waals surface area contributed by atoms with E-state index in [-0.39, 0.29) is 12.8 Å². The van der Waals surface area contributed by atoms with Crippen LogP contribution < -0.4 is 0 Å². The molecule has 0 atom stereocenters. The van der Waals surface area contributed by atoms with Crippen LogP contribution in [0, 0.1) is 5.92 Å². The summed E-state index contributed by atoms with van der Waals surface area (Å²) in [5, 5.41) is 0. The second kappa shape index (κ2) is 6.98. The van der Waals surface area contributed by atoms with Crippen molar-refractivity contribution in [2.45, 2.75) is 39.2 Å². The highest BCUT2D eigenvalue weighted by atomic mass is 16.6. The summed E-state index contributed by atoms with van der Waals surface area (Å²) >= 11 is 0. The van der Waals surface area contributed by atoms with Gasteiger partial charge in [0.25, 0.3) is 0 Å². The van der Waals surface area contributed by atoms with E-state index >= 15 is 0 Å². The van der Waals surface area contributed by atoms with Crippen LogP contribution in [0.25, 0.3) is 0 Å². The van der Waals surface area contributed by atoms with Gasteiger partial charge in [0, 0.05) is 6.42 Å². The summed E-state index contributed by atoms with van der Waals surface area (Å²) in [6.07, 6.45) is -0.0413. The minimum absolute atomic E-state index is 0.00819. The summed E-state index contributed by atoms with van der Waals surface area (Å²) in [6.45, 7) is 5.22. The molecule has 0 radical (unpaired) electrons. The lowest BCUT2D eigenvalue weighted by Gasteiger charge is -2.20.